The zero-order chi connectivity index (χ0) is 32.9. The summed E-state index contributed by atoms with van der Waals surface area (Å²) in [5.41, 5.74) is 1.62. The van der Waals surface area contributed by atoms with Crippen LogP contribution < -0.4 is 20.1 Å². The number of carboxylic acids is 1. The van der Waals surface area contributed by atoms with Crippen molar-refractivity contribution >= 4 is 82.8 Å². The number of hydrogen-bond acceptors (Lipinski definition) is 14. The number of carboxylic acid groups (broad SMARTS) is 1. The van der Waals surface area contributed by atoms with E-state index in [-0.39, 0.29) is 23.3 Å². The lowest BCUT2D eigenvalue weighted by Gasteiger charge is -2.50. The number of aryl methyl sites for hydroxylation is 2. The van der Waals surface area contributed by atoms with Crippen LogP contribution in [0.1, 0.15) is 17.8 Å². The number of aliphatic carboxylic acids is 1. The lowest BCUT2D eigenvalue weighted by Crippen LogP contribution is -2.71. The molecule has 5 rings (SSSR count). The number of nitrogens with zero attached hydrogens (tertiary/aromatic N) is 6. The lowest BCUT2D eigenvalue weighted by molar-refractivity contribution is -0.671. The Hall–Kier alpha value is -3.39. The van der Waals surface area contributed by atoms with Gasteiger partial charge in [0, 0.05) is 45.3 Å². The molecule has 21 heteroatoms. The monoisotopic (exact) mass is 714 g/mol. The second kappa shape index (κ2) is 14.8. The SMILES string of the molecule is CCO/N=C(\C(=O)NC1C(=O)N2C(C(=O)[O-])=C(SC)CS[C@H]12)c1nsc(NP(=O)(O)O)n1.Cc1nc(-c2cc[n+](C)cc2)cs1. The summed E-state index contributed by atoms with van der Waals surface area (Å²) in [7, 11) is -2.63. The molecule has 4 N–H and O–H groups in total. The van der Waals surface area contributed by atoms with Crippen molar-refractivity contribution in [3.63, 3.8) is 0 Å². The van der Waals surface area contributed by atoms with Gasteiger partial charge in [-0.05, 0) is 20.1 Å². The highest BCUT2D eigenvalue weighted by Crippen LogP contribution is 2.42. The van der Waals surface area contributed by atoms with Crippen LogP contribution >= 0.6 is 54.1 Å². The Labute approximate surface area is 273 Å². The van der Waals surface area contributed by atoms with E-state index < -0.39 is 42.7 Å². The van der Waals surface area contributed by atoms with E-state index in [2.05, 4.69) is 42.3 Å². The van der Waals surface area contributed by atoms with Crippen molar-refractivity contribution in [1.29, 1.82) is 0 Å². The fourth-order valence-electron chi connectivity index (χ4n) is 3.92. The van der Waals surface area contributed by atoms with Gasteiger partial charge in [-0.25, -0.2) is 14.1 Å². The topological polar surface area (TPSA) is 223 Å². The third-order valence-corrected chi connectivity index (χ3v) is 10.3. The summed E-state index contributed by atoms with van der Waals surface area (Å²) in [5, 5.41) is 21.8. The average Bonchev–Trinajstić information content (AvgIpc) is 3.63. The van der Waals surface area contributed by atoms with E-state index in [1.54, 1.807) is 24.5 Å². The third kappa shape index (κ3) is 8.46. The minimum Gasteiger partial charge on any atom is -0.543 e. The summed E-state index contributed by atoms with van der Waals surface area (Å²) in [6.07, 6.45) is 5.75. The number of amides is 2. The molecule has 0 bridgehead atoms. The molecule has 1 unspecified atom stereocenters. The standard InChI is InChI=1S/C14H17N6O8PS3.C10H11N2S/c1-3-28-17-6(9-16-14(32-19-9)18-29(25,26)27)10(21)15-7-11(22)20-8(13(23)24)5(30-2)4-31-12(7)20;1-8-11-10(7-13-8)9-3-5-12(2)6-4-9/h7,12H,3-4H2,1-2H3,(H,15,21)(H,23,24)(H3,16,18,19,25,26,27);3-7H,1-2H3/q;+1/p-1/b17-6-;/t7?,12-;/m1./s1. The number of aromatic nitrogens is 4. The number of thioether (sulfide) groups is 2. The predicted octanol–water partition coefficient (Wildman–Crippen LogP) is 0.451. The first kappa shape index (κ1) is 34.5. The van der Waals surface area contributed by atoms with Crippen LogP contribution in [0.2, 0.25) is 0 Å². The molecule has 2 aliphatic heterocycles. The van der Waals surface area contributed by atoms with Crippen LogP contribution in [0.3, 0.4) is 0 Å². The summed E-state index contributed by atoms with van der Waals surface area (Å²) in [6.45, 7) is 3.73. The fourth-order valence-corrected chi connectivity index (χ4v) is 8.03. The molecule has 0 saturated carbocycles. The number of β-lactam (4-membered cyclic amide) rings is 1. The van der Waals surface area contributed by atoms with E-state index in [0.717, 1.165) is 15.6 Å². The van der Waals surface area contributed by atoms with Crippen molar-refractivity contribution in [1.82, 2.24) is 24.6 Å². The minimum atomic E-state index is -4.64. The highest BCUT2D eigenvalue weighted by atomic mass is 32.2. The van der Waals surface area contributed by atoms with E-state index in [1.807, 2.05) is 36.0 Å². The molecule has 0 spiro atoms. The fraction of sp³-hybridized carbons (Fsp3) is 0.333. The van der Waals surface area contributed by atoms with E-state index >= 15 is 0 Å². The Morgan fingerprint density at radius 1 is 1.31 bits per heavy atom. The van der Waals surface area contributed by atoms with Crippen LogP contribution in [0.4, 0.5) is 5.13 Å². The van der Waals surface area contributed by atoms with Crippen molar-refractivity contribution in [3.05, 3.63) is 51.3 Å². The summed E-state index contributed by atoms with van der Waals surface area (Å²) in [6, 6.07) is 3.12. The van der Waals surface area contributed by atoms with Gasteiger partial charge in [0.1, 0.15) is 25.1 Å². The van der Waals surface area contributed by atoms with Gasteiger partial charge in [-0.3, -0.25) is 19.6 Å². The number of hydrogen-bond donors (Lipinski definition) is 4. The molecule has 3 aromatic rings. The quantitative estimate of drug-likeness (QED) is 0.0736. The summed E-state index contributed by atoms with van der Waals surface area (Å²) in [4.78, 5) is 69.6. The maximum atomic E-state index is 12.8. The van der Waals surface area contributed by atoms with Crippen LogP contribution in [-0.4, -0.2) is 82.6 Å². The molecule has 1 fully saturated rings. The molecular weight excluding hydrogens is 688 g/mol. The molecule has 1 saturated heterocycles. The van der Waals surface area contributed by atoms with E-state index in [0.29, 0.717) is 22.2 Å². The van der Waals surface area contributed by atoms with Gasteiger partial charge in [0.05, 0.1) is 22.4 Å². The zero-order valence-electron chi connectivity index (χ0n) is 24.1. The van der Waals surface area contributed by atoms with Crippen LogP contribution in [0, 0.1) is 6.92 Å². The second-order valence-electron chi connectivity index (χ2n) is 9.06. The zero-order valence-corrected chi connectivity index (χ0v) is 28.2. The molecule has 45 heavy (non-hydrogen) atoms. The molecule has 2 amide bonds. The number of rotatable bonds is 10. The highest BCUT2D eigenvalue weighted by molar-refractivity contribution is 8.05. The summed E-state index contributed by atoms with van der Waals surface area (Å²) < 4.78 is 16.9. The molecule has 0 radical (unpaired) electrons. The lowest BCUT2D eigenvalue weighted by atomic mass is 10.0. The number of carbonyl (C=O) groups excluding carboxylic acids is 3. The van der Waals surface area contributed by atoms with Crippen LogP contribution in [0.5, 0.6) is 0 Å². The Morgan fingerprint density at radius 3 is 2.60 bits per heavy atom. The Balaban J connectivity index is 0.000000293. The second-order valence-corrected chi connectivity index (χ2v) is 14.2. The van der Waals surface area contributed by atoms with E-state index in [9.17, 15) is 24.1 Å². The first-order chi connectivity index (χ1) is 21.3. The van der Waals surface area contributed by atoms with Crippen molar-refractivity contribution < 1.29 is 43.2 Å². The Kier molecular flexibility index (Phi) is 11.3. The molecule has 240 valence electrons. The van der Waals surface area contributed by atoms with Crippen LogP contribution in [0.15, 0.2) is 45.7 Å². The first-order valence-corrected chi connectivity index (χ1v) is 18.4. The maximum Gasteiger partial charge on any atom is 0.429 e. The molecule has 16 nitrogen and oxygen atoms in total. The van der Waals surface area contributed by atoms with Gasteiger partial charge in [0.2, 0.25) is 16.7 Å². The number of anilines is 1. The van der Waals surface area contributed by atoms with Gasteiger partial charge < -0.3 is 29.8 Å². The van der Waals surface area contributed by atoms with Crippen molar-refractivity contribution in [2.75, 3.05) is 23.7 Å². The number of oxime groups is 1. The smallest absolute Gasteiger partial charge is 0.429 e. The average molecular weight is 715 g/mol. The highest BCUT2D eigenvalue weighted by Gasteiger charge is 2.53. The van der Waals surface area contributed by atoms with Crippen molar-refractivity contribution in [2.24, 2.45) is 12.2 Å². The molecular formula is C24H27N8O8PS4. The Bertz CT molecular complexity index is 1690. The van der Waals surface area contributed by atoms with E-state index in [1.165, 1.54) is 29.1 Å². The summed E-state index contributed by atoms with van der Waals surface area (Å²) >= 11 is 4.74. The maximum absolute atomic E-state index is 12.8. The first-order valence-electron chi connectivity index (χ1n) is 12.8. The molecule has 2 aliphatic rings. The number of thiazole rings is 1. The van der Waals surface area contributed by atoms with Crippen LogP contribution in [0.25, 0.3) is 11.3 Å². The van der Waals surface area contributed by atoms with Gasteiger partial charge >= 0.3 is 7.75 Å². The Morgan fingerprint density at radius 2 is 2.02 bits per heavy atom. The van der Waals surface area contributed by atoms with Crippen molar-refractivity contribution in [3.8, 4) is 11.3 Å². The number of carbonyl (C=O) groups is 3. The van der Waals surface area contributed by atoms with Crippen LogP contribution in [-0.2, 0) is 30.8 Å². The van der Waals surface area contributed by atoms with Gasteiger partial charge in [0.25, 0.3) is 11.8 Å². The normalized spacial score (nSPS) is 18.0. The van der Waals surface area contributed by atoms with E-state index in [4.69, 9.17) is 14.6 Å². The van der Waals surface area contributed by atoms with Crippen molar-refractivity contribution in [2.45, 2.75) is 25.3 Å². The predicted molar refractivity (Wildman–Crippen MR) is 168 cm³/mol. The van der Waals surface area contributed by atoms with Gasteiger partial charge in [-0.1, -0.05) is 5.16 Å². The largest absolute Gasteiger partial charge is 0.543 e. The number of nitrogens with one attached hydrogen (secondary N) is 2. The van der Waals surface area contributed by atoms with Gasteiger partial charge in [-0.2, -0.15) is 9.36 Å². The number of fused-ring (bicyclic) bond motifs is 1. The molecule has 5 heterocycles. The molecule has 0 aliphatic carbocycles. The number of pyridine rings is 1. The molecule has 0 aromatic carbocycles. The molecule has 2 atom stereocenters. The summed E-state index contributed by atoms with van der Waals surface area (Å²) in [5.74, 6) is -2.94. The van der Waals surface area contributed by atoms with Gasteiger partial charge in [0.15, 0.2) is 12.4 Å². The third-order valence-electron chi connectivity index (χ3n) is 5.93. The molecule has 3 aromatic heterocycles. The minimum absolute atomic E-state index is 0.0976. The van der Waals surface area contributed by atoms with Gasteiger partial charge in [-0.15, -0.1) is 34.9 Å².